The molecule has 1 fully saturated rings. The van der Waals surface area contributed by atoms with E-state index in [-0.39, 0.29) is 0 Å². The average Bonchev–Trinajstić information content (AvgIpc) is 3.18. The van der Waals surface area contributed by atoms with Crippen molar-refractivity contribution >= 4 is 0 Å². The summed E-state index contributed by atoms with van der Waals surface area (Å²) in [6.07, 6.45) is 2.60. The third-order valence-corrected chi connectivity index (χ3v) is 3.82. The van der Waals surface area contributed by atoms with Gasteiger partial charge in [-0.25, -0.2) is 0 Å². The Balaban J connectivity index is 1.48. The summed E-state index contributed by atoms with van der Waals surface area (Å²) in [7, 11) is 0. The molecule has 2 rings (SSSR count). The minimum absolute atomic E-state index is 0.756. The van der Waals surface area contributed by atoms with Crippen LogP contribution >= 0.6 is 0 Å². The van der Waals surface area contributed by atoms with Crippen LogP contribution < -0.4 is 10.6 Å². The van der Waals surface area contributed by atoms with Gasteiger partial charge in [-0.1, -0.05) is 44.2 Å². The zero-order valence-electron chi connectivity index (χ0n) is 12.4. The predicted molar refractivity (Wildman–Crippen MR) is 82.5 cm³/mol. The van der Waals surface area contributed by atoms with E-state index in [0.29, 0.717) is 0 Å². The number of hydrogen-bond donors (Lipinski definition) is 2. The van der Waals surface area contributed by atoms with E-state index in [1.54, 1.807) is 0 Å². The van der Waals surface area contributed by atoms with Crippen LogP contribution in [-0.2, 0) is 0 Å². The Morgan fingerprint density at radius 1 is 1.11 bits per heavy atom. The van der Waals surface area contributed by atoms with Gasteiger partial charge in [-0.2, -0.15) is 0 Å². The fraction of sp³-hybridized carbons (Fsp3) is 0.647. The van der Waals surface area contributed by atoms with Crippen molar-refractivity contribution in [2.45, 2.75) is 32.6 Å². The van der Waals surface area contributed by atoms with E-state index in [2.05, 4.69) is 54.8 Å². The fourth-order valence-corrected chi connectivity index (χ4v) is 2.60. The van der Waals surface area contributed by atoms with Crippen molar-refractivity contribution in [2.24, 2.45) is 11.8 Å². The molecule has 2 heteroatoms. The summed E-state index contributed by atoms with van der Waals surface area (Å²) in [6, 6.07) is 10.9. The minimum Gasteiger partial charge on any atom is -0.316 e. The van der Waals surface area contributed by atoms with Crippen molar-refractivity contribution in [2.75, 3.05) is 26.2 Å². The highest BCUT2D eigenvalue weighted by Gasteiger charge is 2.37. The van der Waals surface area contributed by atoms with Gasteiger partial charge >= 0.3 is 0 Å². The molecule has 1 saturated carbocycles. The molecule has 19 heavy (non-hydrogen) atoms. The summed E-state index contributed by atoms with van der Waals surface area (Å²) in [4.78, 5) is 0. The minimum atomic E-state index is 0.756. The molecule has 2 atom stereocenters. The molecule has 0 heterocycles. The van der Waals surface area contributed by atoms with Crippen molar-refractivity contribution < 1.29 is 0 Å². The molecule has 0 bridgehead atoms. The first-order chi connectivity index (χ1) is 9.27. The summed E-state index contributed by atoms with van der Waals surface area (Å²) in [6.45, 7) is 9.10. The van der Waals surface area contributed by atoms with Crippen LogP contribution in [0.15, 0.2) is 30.3 Å². The molecular formula is C17H28N2. The van der Waals surface area contributed by atoms with Crippen molar-refractivity contribution in [1.82, 2.24) is 10.6 Å². The first-order valence-corrected chi connectivity index (χ1v) is 7.73. The first-order valence-electron chi connectivity index (χ1n) is 7.73. The van der Waals surface area contributed by atoms with Gasteiger partial charge in [0.2, 0.25) is 0 Å². The number of benzene rings is 1. The van der Waals surface area contributed by atoms with Gasteiger partial charge in [0.05, 0.1) is 0 Å². The maximum Gasteiger partial charge on any atom is -0.00144 e. The second-order valence-electron chi connectivity index (χ2n) is 6.17. The lowest BCUT2D eigenvalue weighted by atomic mass is 10.1. The van der Waals surface area contributed by atoms with Crippen LogP contribution in [0, 0.1) is 11.8 Å². The lowest BCUT2D eigenvalue weighted by Gasteiger charge is -2.08. The Morgan fingerprint density at radius 2 is 1.84 bits per heavy atom. The maximum absolute atomic E-state index is 3.60. The molecular weight excluding hydrogens is 232 g/mol. The maximum atomic E-state index is 3.60. The van der Waals surface area contributed by atoms with Crippen molar-refractivity contribution in [3.8, 4) is 0 Å². The van der Waals surface area contributed by atoms with Crippen LogP contribution in [0.3, 0.4) is 0 Å². The third kappa shape index (κ3) is 5.33. The van der Waals surface area contributed by atoms with Crippen LogP contribution in [-0.4, -0.2) is 26.2 Å². The molecule has 0 saturated heterocycles. The van der Waals surface area contributed by atoms with Crippen LogP contribution in [0.5, 0.6) is 0 Å². The van der Waals surface area contributed by atoms with Crippen molar-refractivity contribution in [3.05, 3.63) is 35.9 Å². The zero-order valence-corrected chi connectivity index (χ0v) is 12.4. The molecule has 2 nitrogen and oxygen atoms in total. The third-order valence-electron chi connectivity index (χ3n) is 3.82. The van der Waals surface area contributed by atoms with Gasteiger partial charge in [-0.15, -0.1) is 0 Å². The smallest absolute Gasteiger partial charge is 0.00144 e. The quantitative estimate of drug-likeness (QED) is 0.667. The SMILES string of the molecule is CC(C)CNCCCNCC1CC1c1ccccc1. The highest BCUT2D eigenvalue weighted by atomic mass is 14.9. The Hall–Kier alpha value is -0.860. The lowest BCUT2D eigenvalue weighted by molar-refractivity contribution is 0.525. The number of rotatable bonds is 9. The summed E-state index contributed by atoms with van der Waals surface area (Å²) in [5.74, 6) is 2.44. The fourth-order valence-electron chi connectivity index (χ4n) is 2.60. The van der Waals surface area contributed by atoms with E-state index in [1.165, 1.54) is 24.9 Å². The molecule has 1 aromatic rings. The zero-order chi connectivity index (χ0) is 13.5. The molecule has 0 aliphatic heterocycles. The van der Waals surface area contributed by atoms with Crippen molar-refractivity contribution in [3.63, 3.8) is 0 Å². The second-order valence-corrected chi connectivity index (χ2v) is 6.17. The molecule has 1 aliphatic carbocycles. The standard InChI is InChI=1S/C17H28N2/c1-14(2)12-18-9-6-10-19-13-16-11-17(16)15-7-4-3-5-8-15/h3-5,7-8,14,16-19H,6,9-13H2,1-2H3. The van der Waals surface area contributed by atoms with Gasteiger partial charge in [0.1, 0.15) is 0 Å². The van der Waals surface area contributed by atoms with E-state index in [9.17, 15) is 0 Å². The van der Waals surface area contributed by atoms with Crippen LogP contribution in [0.4, 0.5) is 0 Å². The Kier molecular flexibility index (Phi) is 5.87. The van der Waals surface area contributed by atoms with E-state index in [4.69, 9.17) is 0 Å². The van der Waals surface area contributed by atoms with Gasteiger partial charge in [-0.3, -0.25) is 0 Å². The largest absolute Gasteiger partial charge is 0.316 e. The van der Waals surface area contributed by atoms with Gasteiger partial charge in [-0.05, 0) is 62.3 Å². The van der Waals surface area contributed by atoms with Crippen LogP contribution in [0.1, 0.15) is 38.2 Å². The monoisotopic (exact) mass is 260 g/mol. The molecule has 0 amide bonds. The molecule has 0 aromatic heterocycles. The van der Waals surface area contributed by atoms with Gasteiger partial charge in [0.25, 0.3) is 0 Å². The Labute approximate surface area is 118 Å². The highest BCUT2D eigenvalue weighted by molar-refractivity contribution is 5.25. The predicted octanol–water partition coefficient (Wildman–Crippen LogP) is 3.02. The molecule has 2 N–H and O–H groups in total. The molecule has 0 radical (unpaired) electrons. The molecule has 2 unspecified atom stereocenters. The van der Waals surface area contributed by atoms with Gasteiger partial charge in [0.15, 0.2) is 0 Å². The summed E-state index contributed by atoms with van der Waals surface area (Å²) >= 11 is 0. The van der Waals surface area contributed by atoms with Gasteiger partial charge < -0.3 is 10.6 Å². The summed E-state index contributed by atoms with van der Waals surface area (Å²) in [5, 5.41) is 7.08. The Morgan fingerprint density at radius 3 is 2.58 bits per heavy atom. The van der Waals surface area contributed by atoms with Crippen LogP contribution in [0.25, 0.3) is 0 Å². The van der Waals surface area contributed by atoms with E-state index >= 15 is 0 Å². The molecule has 1 aliphatic rings. The highest BCUT2D eigenvalue weighted by Crippen LogP contribution is 2.46. The van der Waals surface area contributed by atoms with E-state index in [1.807, 2.05) is 0 Å². The van der Waals surface area contributed by atoms with E-state index < -0.39 is 0 Å². The first kappa shape index (κ1) is 14.5. The molecule has 0 spiro atoms. The van der Waals surface area contributed by atoms with Gasteiger partial charge in [0, 0.05) is 0 Å². The Bertz CT molecular complexity index is 348. The van der Waals surface area contributed by atoms with Crippen LogP contribution in [0.2, 0.25) is 0 Å². The topological polar surface area (TPSA) is 24.1 Å². The second kappa shape index (κ2) is 7.66. The summed E-state index contributed by atoms with van der Waals surface area (Å²) < 4.78 is 0. The average molecular weight is 260 g/mol. The molecule has 1 aromatic carbocycles. The lowest BCUT2D eigenvalue weighted by Crippen LogP contribution is -2.25. The van der Waals surface area contributed by atoms with E-state index in [0.717, 1.165) is 37.4 Å². The summed E-state index contributed by atoms with van der Waals surface area (Å²) in [5.41, 5.74) is 1.52. The number of nitrogens with one attached hydrogen (secondary N) is 2. The van der Waals surface area contributed by atoms with Crippen molar-refractivity contribution in [1.29, 1.82) is 0 Å². The molecule has 106 valence electrons. The normalized spacial score (nSPS) is 21.8. The number of hydrogen-bond acceptors (Lipinski definition) is 2.